The van der Waals surface area contributed by atoms with Gasteiger partial charge in [0, 0.05) is 12.7 Å². The van der Waals surface area contributed by atoms with Gasteiger partial charge >= 0.3 is 5.69 Å². The molecule has 0 aliphatic carbocycles. The van der Waals surface area contributed by atoms with Crippen molar-refractivity contribution in [2.24, 2.45) is 5.10 Å². The topological polar surface area (TPSA) is 122 Å². The van der Waals surface area contributed by atoms with E-state index in [9.17, 15) is 10.1 Å². The summed E-state index contributed by atoms with van der Waals surface area (Å²) in [6, 6.07) is 1.87. The Balaban J connectivity index is 1.80. The first kappa shape index (κ1) is 18.8. The van der Waals surface area contributed by atoms with Crippen LogP contribution in [0.3, 0.4) is 0 Å². The van der Waals surface area contributed by atoms with Crippen LogP contribution in [0.25, 0.3) is 0 Å². The summed E-state index contributed by atoms with van der Waals surface area (Å²) in [5.74, 6) is 0.997. The summed E-state index contributed by atoms with van der Waals surface area (Å²) in [4.78, 5) is 10.7. The fraction of sp³-hybridized carbons (Fsp3) is 0.400. The Labute approximate surface area is 159 Å². The fourth-order valence-electron chi connectivity index (χ4n) is 2.59. The Kier molecular flexibility index (Phi) is 5.35. The quantitative estimate of drug-likeness (QED) is 0.263. The Morgan fingerprint density at radius 3 is 2.74 bits per heavy atom. The summed E-state index contributed by atoms with van der Waals surface area (Å²) in [7, 11) is 0. The summed E-state index contributed by atoms with van der Waals surface area (Å²) < 4.78 is 5.03. The molecule has 0 aliphatic heterocycles. The van der Waals surface area contributed by atoms with Gasteiger partial charge in [-0.05, 0) is 33.8 Å². The van der Waals surface area contributed by atoms with Crippen LogP contribution in [0.15, 0.2) is 22.5 Å². The first-order valence-corrected chi connectivity index (χ1v) is 9.20. The minimum absolute atomic E-state index is 0.0408. The minimum Gasteiger partial charge on any atom is -0.264 e. The molecule has 0 unspecified atom stereocenters. The van der Waals surface area contributed by atoms with Crippen molar-refractivity contribution in [1.29, 1.82) is 0 Å². The molecule has 0 atom stereocenters. The van der Waals surface area contributed by atoms with Crippen molar-refractivity contribution in [2.45, 2.75) is 45.3 Å². The molecule has 0 amide bonds. The van der Waals surface area contributed by atoms with E-state index in [0.29, 0.717) is 28.2 Å². The van der Waals surface area contributed by atoms with Crippen molar-refractivity contribution in [1.82, 2.24) is 34.4 Å². The molecule has 3 heterocycles. The van der Waals surface area contributed by atoms with Gasteiger partial charge in [-0.25, -0.2) is 0 Å². The normalized spacial score (nSPS) is 11.6. The molecular formula is C15H19N9O2S. The van der Waals surface area contributed by atoms with Crippen LogP contribution in [-0.2, 0) is 12.4 Å². The van der Waals surface area contributed by atoms with Gasteiger partial charge in [-0.15, -0.1) is 10.2 Å². The van der Waals surface area contributed by atoms with E-state index in [0.717, 1.165) is 12.2 Å². The number of hydrogen-bond donors (Lipinski definition) is 0. The largest absolute Gasteiger partial charge is 0.312 e. The van der Waals surface area contributed by atoms with Crippen LogP contribution in [0.5, 0.6) is 0 Å². The zero-order chi connectivity index (χ0) is 19.6. The maximum atomic E-state index is 11.1. The third kappa shape index (κ3) is 3.74. The van der Waals surface area contributed by atoms with Crippen LogP contribution >= 0.6 is 11.8 Å². The second kappa shape index (κ2) is 7.70. The highest BCUT2D eigenvalue weighted by atomic mass is 32.2. The molecule has 12 heteroatoms. The van der Waals surface area contributed by atoms with Crippen LogP contribution in [0.1, 0.15) is 29.8 Å². The Bertz CT molecular complexity index is 1000. The Morgan fingerprint density at radius 1 is 1.30 bits per heavy atom. The molecule has 0 fully saturated rings. The minimum atomic E-state index is -0.410. The molecule has 0 bridgehead atoms. The summed E-state index contributed by atoms with van der Waals surface area (Å²) in [6.45, 7) is 7.86. The molecule has 0 radical (unpaired) electrons. The van der Waals surface area contributed by atoms with Gasteiger partial charge in [-0.2, -0.15) is 20.0 Å². The molecule has 3 rings (SSSR count). The van der Waals surface area contributed by atoms with Gasteiger partial charge in [0.1, 0.15) is 11.4 Å². The van der Waals surface area contributed by atoms with E-state index in [4.69, 9.17) is 0 Å². The molecule has 0 N–H and O–H groups in total. The van der Waals surface area contributed by atoms with Gasteiger partial charge in [0.15, 0.2) is 5.82 Å². The number of aryl methyl sites for hydroxylation is 3. The number of rotatable bonds is 7. The van der Waals surface area contributed by atoms with Gasteiger partial charge in [0.25, 0.3) is 0 Å². The number of nitro groups is 1. The van der Waals surface area contributed by atoms with Gasteiger partial charge in [0.05, 0.1) is 22.7 Å². The summed E-state index contributed by atoms with van der Waals surface area (Å²) in [5, 5.41) is 32.8. The Morgan fingerprint density at radius 2 is 2.07 bits per heavy atom. The van der Waals surface area contributed by atoms with Gasteiger partial charge < -0.3 is 0 Å². The first-order valence-electron chi connectivity index (χ1n) is 8.21. The zero-order valence-electron chi connectivity index (χ0n) is 15.4. The van der Waals surface area contributed by atoms with E-state index >= 15 is 0 Å². The predicted octanol–water partition coefficient (Wildman–Crippen LogP) is 2.16. The average molecular weight is 389 g/mol. The van der Waals surface area contributed by atoms with Gasteiger partial charge in [-0.3, -0.25) is 19.5 Å². The maximum absolute atomic E-state index is 11.1. The molecule has 27 heavy (non-hydrogen) atoms. The average Bonchev–Trinajstić information content (AvgIpc) is 3.29. The first-order chi connectivity index (χ1) is 12.9. The molecule has 0 aliphatic rings. The van der Waals surface area contributed by atoms with Crippen LogP contribution in [0.4, 0.5) is 5.69 Å². The highest BCUT2D eigenvalue weighted by molar-refractivity contribution is 7.98. The van der Waals surface area contributed by atoms with Crippen LogP contribution in [0.2, 0.25) is 0 Å². The smallest absolute Gasteiger partial charge is 0.264 e. The van der Waals surface area contributed by atoms with E-state index in [1.165, 1.54) is 11.8 Å². The van der Waals surface area contributed by atoms with Crippen molar-refractivity contribution in [3.05, 3.63) is 45.3 Å². The van der Waals surface area contributed by atoms with E-state index in [2.05, 4.69) is 25.5 Å². The van der Waals surface area contributed by atoms with Crippen molar-refractivity contribution >= 4 is 23.7 Å². The maximum Gasteiger partial charge on any atom is 0.312 e. The summed E-state index contributed by atoms with van der Waals surface area (Å²) in [5.41, 5.74) is 1.81. The molecule has 0 saturated heterocycles. The van der Waals surface area contributed by atoms with E-state index < -0.39 is 4.92 Å². The standard InChI is InChI=1S/C15H19N9O2S/c1-5-21-13(6-7-16-21)8-17-23-12(4)18-19-15(23)27-9-22-11(3)14(24(25)26)10(2)20-22/h6-8H,5,9H2,1-4H3. The molecule has 3 aromatic heterocycles. The lowest BCUT2D eigenvalue weighted by Gasteiger charge is -2.04. The number of nitrogens with zero attached hydrogens (tertiary/aromatic N) is 9. The Hall–Kier alpha value is -3.02. The highest BCUT2D eigenvalue weighted by Gasteiger charge is 2.22. The monoisotopic (exact) mass is 389 g/mol. The van der Waals surface area contributed by atoms with Crippen LogP contribution < -0.4 is 0 Å². The van der Waals surface area contributed by atoms with Crippen molar-refractivity contribution in [3.8, 4) is 0 Å². The molecule has 142 valence electrons. The van der Waals surface area contributed by atoms with Crippen molar-refractivity contribution in [3.63, 3.8) is 0 Å². The molecular weight excluding hydrogens is 370 g/mol. The number of aromatic nitrogens is 7. The molecule has 3 aromatic rings. The van der Waals surface area contributed by atoms with Gasteiger partial charge in [-0.1, -0.05) is 11.8 Å². The summed E-state index contributed by atoms with van der Waals surface area (Å²) in [6.07, 6.45) is 3.42. The second-order valence-corrected chi connectivity index (χ2v) is 6.62. The SMILES string of the molecule is CCn1nccc1C=Nn1c(C)nnc1SCn1nc(C)c([N+](=O)[O-])c1C. The molecule has 11 nitrogen and oxygen atoms in total. The third-order valence-corrected chi connectivity index (χ3v) is 4.85. The number of thioether (sulfide) groups is 1. The molecule has 0 saturated carbocycles. The van der Waals surface area contributed by atoms with E-state index in [1.807, 2.05) is 17.7 Å². The third-order valence-electron chi connectivity index (χ3n) is 3.96. The lowest BCUT2D eigenvalue weighted by Crippen LogP contribution is -2.04. The lowest BCUT2D eigenvalue weighted by atomic mass is 10.3. The second-order valence-electron chi connectivity index (χ2n) is 5.71. The van der Waals surface area contributed by atoms with E-state index in [-0.39, 0.29) is 5.69 Å². The predicted molar refractivity (Wildman–Crippen MR) is 99.9 cm³/mol. The summed E-state index contributed by atoms with van der Waals surface area (Å²) >= 11 is 1.35. The molecule has 0 spiro atoms. The molecule has 0 aromatic carbocycles. The van der Waals surface area contributed by atoms with Crippen LogP contribution in [-0.4, -0.2) is 45.6 Å². The lowest BCUT2D eigenvalue weighted by molar-refractivity contribution is -0.386. The van der Waals surface area contributed by atoms with Crippen molar-refractivity contribution in [2.75, 3.05) is 0 Å². The van der Waals surface area contributed by atoms with Gasteiger partial charge in [0.2, 0.25) is 5.16 Å². The number of hydrogen-bond acceptors (Lipinski definition) is 8. The zero-order valence-corrected chi connectivity index (χ0v) is 16.2. The van der Waals surface area contributed by atoms with E-state index in [1.54, 1.807) is 42.5 Å². The fourth-order valence-corrected chi connectivity index (χ4v) is 3.48. The van der Waals surface area contributed by atoms with Crippen molar-refractivity contribution < 1.29 is 4.92 Å². The highest BCUT2D eigenvalue weighted by Crippen LogP contribution is 2.25. The van der Waals surface area contributed by atoms with Crippen LogP contribution in [0, 0.1) is 30.9 Å².